The third kappa shape index (κ3) is 5.30. The number of sulfone groups is 1. The summed E-state index contributed by atoms with van der Waals surface area (Å²) in [6.45, 7) is -0.585. The molecule has 0 aliphatic heterocycles. The molecular formula is C12H15NO5S2. The first-order valence-electron chi connectivity index (χ1n) is 5.62. The fourth-order valence-electron chi connectivity index (χ4n) is 1.38. The Morgan fingerprint density at radius 2 is 1.85 bits per heavy atom. The van der Waals surface area contributed by atoms with Crippen LogP contribution in [-0.4, -0.2) is 47.1 Å². The summed E-state index contributed by atoms with van der Waals surface area (Å²) in [6.07, 6.45) is 1.03. The van der Waals surface area contributed by atoms with E-state index in [1.807, 2.05) is 0 Å². The normalized spacial score (nSPS) is 11.7. The second-order valence-electron chi connectivity index (χ2n) is 3.98. The largest absolute Gasteiger partial charge is 0.384 e. The number of aliphatic hydroxyl groups excluding tert-OH is 1. The minimum Gasteiger partial charge on any atom is -0.384 e. The van der Waals surface area contributed by atoms with Gasteiger partial charge in [0.1, 0.15) is 16.4 Å². The van der Waals surface area contributed by atoms with Crippen molar-refractivity contribution in [1.29, 1.82) is 0 Å². The first-order valence-corrected chi connectivity index (χ1v) is 9.17. The molecule has 6 nitrogen and oxygen atoms in total. The summed E-state index contributed by atoms with van der Waals surface area (Å²) >= 11 is 0. The van der Waals surface area contributed by atoms with Gasteiger partial charge in [-0.1, -0.05) is 24.0 Å². The molecule has 1 aromatic carbocycles. The van der Waals surface area contributed by atoms with Gasteiger partial charge in [0.05, 0.1) is 10.6 Å². The number of benzene rings is 1. The third-order valence-corrected chi connectivity index (χ3v) is 4.71. The maximum absolute atomic E-state index is 12.1. The summed E-state index contributed by atoms with van der Waals surface area (Å²) in [4.78, 5) is -0.0468. The molecule has 0 aromatic heterocycles. The van der Waals surface area contributed by atoms with E-state index < -0.39 is 19.9 Å². The SMILES string of the molecule is CS(=O)(=O)CCNS(=O)(=O)c1ccccc1C#CCO. The van der Waals surface area contributed by atoms with Gasteiger partial charge in [-0.15, -0.1) is 0 Å². The number of hydrogen-bond acceptors (Lipinski definition) is 5. The fourth-order valence-corrected chi connectivity index (χ4v) is 3.17. The van der Waals surface area contributed by atoms with Crippen LogP contribution < -0.4 is 4.72 Å². The number of rotatable bonds is 5. The quantitative estimate of drug-likeness (QED) is 0.703. The minimum absolute atomic E-state index is 0.0468. The van der Waals surface area contributed by atoms with E-state index in [4.69, 9.17) is 5.11 Å². The van der Waals surface area contributed by atoms with Crippen molar-refractivity contribution in [2.24, 2.45) is 0 Å². The van der Waals surface area contributed by atoms with Crippen molar-refractivity contribution in [3.8, 4) is 11.8 Å². The van der Waals surface area contributed by atoms with Crippen LogP contribution in [0.5, 0.6) is 0 Å². The number of sulfonamides is 1. The number of aliphatic hydroxyl groups is 1. The van der Waals surface area contributed by atoms with Gasteiger partial charge in [-0.05, 0) is 12.1 Å². The molecule has 0 amide bonds. The van der Waals surface area contributed by atoms with Crippen LogP contribution in [0, 0.1) is 11.8 Å². The Morgan fingerprint density at radius 3 is 2.45 bits per heavy atom. The Morgan fingerprint density at radius 1 is 1.20 bits per heavy atom. The van der Waals surface area contributed by atoms with Crippen molar-refractivity contribution < 1.29 is 21.9 Å². The lowest BCUT2D eigenvalue weighted by Crippen LogP contribution is -2.29. The molecule has 0 heterocycles. The van der Waals surface area contributed by atoms with E-state index in [1.165, 1.54) is 18.2 Å². The van der Waals surface area contributed by atoms with E-state index in [0.717, 1.165) is 6.26 Å². The van der Waals surface area contributed by atoms with Gasteiger partial charge in [0.2, 0.25) is 10.0 Å². The van der Waals surface area contributed by atoms with Gasteiger partial charge in [-0.3, -0.25) is 0 Å². The van der Waals surface area contributed by atoms with Crippen molar-refractivity contribution in [1.82, 2.24) is 4.72 Å². The number of hydrogen-bond donors (Lipinski definition) is 2. The van der Waals surface area contributed by atoms with E-state index in [2.05, 4.69) is 16.6 Å². The molecule has 0 saturated carbocycles. The first-order chi connectivity index (χ1) is 9.26. The molecule has 0 unspecified atom stereocenters. The minimum atomic E-state index is -3.84. The Hall–Kier alpha value is -1.40. The van der Waals surface area contributed by atoms with Crippen molar-refractivity contribution in [2.75, 3.05) is 25.2 Å². The highest BCUT2D eigenvalue weighted by Gasteiger charge is 2.17. The second-order valence-corrected chi connectivity index (χ2v) is 7.98. The summed E-state index contributed by atoms with van der Waals surface area (Å²) in [6, 6.07) is 6.03. The molecule has 1 rings (SSSR count). The van der Waals surface area contributed by atoms with Crippen LogP contribution in [0.4, 0.5) is 0 Å². The predicted octanol–water partition coefficient (Wildman–Crippen LogP) is -0.647. The molecule has 8 heteroatoms. The van der Waals surface area contributed by atoms with Crippen LogP contribution in [-0.2, 0) is 19.9 Å². The van der Waals surface area contributed by atoms with Crippen molar-refractivity contribution >= 4 is 19.9 Å². The van der Waals surface area contributed by atoms with Crippen LogP contribution in [0.15, 0.2) is 29.2 Å². The predicted molar refractivity (Wildman–Crippen MR) is 75.3 cm³/mol. The molecule has 1 aromatic rings. The zero-order chi connectivity index (χ0) is 15.2. The standard InChI is InChI=1S/C12H15NO5S2/c1-19(15,16)10-8-13-20(17,18)12-7-3-2-5-11(12)6-4-9-14/h2-3,5,7,13-14H,8-10H2,1H3. The Labute approximate surface area is 118 Å². The molecule has 110 valence electrons. The van der Waals surface area contributed by atoms with Crippen LogP contribution in [0.25, 0.3) is 0 Å². The molecular weight excluding hydrogens is 302 g/mol. The Bertz CT molecular complexity index is 727. The lowest BCUT2D eigenvalue weighted by Gasteiger charge is -2.08. The Kier molecular flexibility index (Phi) is 5.71. The summed E-state index contributed by atoms with van der Waals surface area (Å²) in [5.74, 6) is 4.63. The second kappa shape index (κ2) is 6.85. The van der Waals surface area contributed by atoms with E-state index >= 15 is 0 Å². The fraction of sp³-hybridized carbons (Fsp3) is 0.333. The topological polar surface area (TPSA) is 101 Å². The molecule has 0 spiro atoms. The Balaban J connectivity index is 2.98. The van der Waals surface area contributed by atoms with Gasteiger partial charge in [0.15, 0.2) is 0 Å². The smallest absolute Gasteiger partial charge is 0.241 e. The van der Waals surface area contributed by atoms with E-state index in [-0.39, 0.29) is 29.4 Å². The van der Waals surface area contributed by atoms with Crippen LogP contribution in [0.3, 0.4) is 0 Å². The summed E-state index contributed by atoms with van der Waals surface area (Å²) in [5, 5.41) is 8.65. The van der Waals surface area contributed by atoms with Crippen molar-refractivity contribution in [3.63, 3.8) is 0 Å². The highest BCUT2D eigenvalue weighted by Crippen LogP contribution is 2.13. The number of nitrogens with one attached hydrogen (secondary N) is 1. The molecule has 20 heavy (non-hydrogen) atoms. The lowest BCUT2D eigenvalue weighted by molar-refractivity contribution is 0.350. The molecule has 0 saturated heterocycles. The highest BCUT2D eigenvalue weighted by atomic mass is 32.2. The summed E-state index contributed by atoms with van der Waals surface area (Å²) in [7, 11) is -7.08. The average molecular weight is 317 g/mol. The molecule has 0 aliphatic carbocycles. The zero-order valence-electron chi connectivity index (χ0n) is 10.8. The maximum Gasteiger partial charge on any atom is 0.241 e. The van der Waals surface area contributed by atoms with Crippen molar-refractivity contribution in [3.05, 3.63) is 29.8 Å². The van der Waals surface area contributed by atoms with Gasteiger partial charge in [0.25, 0.3) is 0 Å². The molecule has 0 atom stereocenters. The van der Waals surface area contributed by atoms with Gasteiger partial charge >= 0.3 is 0 Å². The molecule has 0 radical (unpaired) electrons. The van der Waals surface area contributed by atoms with Gasteiger partial charge in [-0.25, -0.2) is 21.6 Å². The van der Waals surface area contributed by atoms with E-state index in [0.29, 0.717) is 0 Å². The maximum atomic E-state index is 12.1. The lowest BCUT2D eigenvalue weighted by atomic mass is 10.2. The van der Waals surface area contributed by atoms with Gasteiger partial charge < -0.3 is 5.11 Å². The van der Waals surface area contributed by atoms with Crippen molar-refractivity contribution in [2.45, 2.75) is 4.90 Å². The molecule has 2 N–H and O–H groups in total. The summed E-state index contributed by atoms with van der Waals surface area (Å²) < 4.78 is 48.3. The van der Waals surface area contributed by atoms with Gasteiger partial charge in [0, 0.05) is 18.4 Å². The van der Waals surface area contributed by atoms with E-state index in [9.17, 15) is 16.8 Å². The molecule has 0 fully saturated rings. The molecule has 0 bridgehead atoms. The monoisotopic (exact) mass is 317 g/mol. The van der Waals surface area contributed by atoms with Crippen LogP contribution in [0.2, 0.25) is 0 Å². The first kappa shape index (κ1) is 16.7. The zero-order valence-corrected chi connectivity index (χ0v) is 12.5. The third-order valence-electron chi connectivity index (χ3n) is 2.24. The van der Waals surface area contributed by atoms with Crippen LogP contribution >= 0.6 is 0 Å². The van der Waals surface area contributed by atoms with Crippen LogP contribution in [0.1, 0.15) is 5.56 Å². The van der Waals surface area contributed by atoms with Gasteiger partial charge in [-0.2, -0.15) is 0 Å². The van der Waals surface area contributed by atoms with E-state index in [1.54, 1.807) is 6.07 Å². The highest BCUT2D eigenvalue weighted by molar-refractivity contribution is 7.91. The summed E-state index contributed by atoms with van der Waals surface area (Å²) in [5.41, 5.74) is 0.244. The molecule has 0 aliphatic rings. The average Bonchev–Trinajstić information content (AvgIpc) is 2.34.